The molecule has 1 aromatic heterocycles. The number of ether oxygens (including phenoxy) is 1. The lowest BCUT2D eigenvalue weighted by molar-refractivity contribution is 0.252. The Hall–Kier alpha value is -2.49. The number of nitriles is 1. The molecule has 5 nitrogen and oxygen atoms in total. The first-order valence-corrected chi connectivity index (χ1v) is 8.42. The van der Waals surface area contributed by atoms with Gasteiger partial charge in [0.25, 0.3) is 11.1 Å². The summed E-state index contributed by atoms with van der Waals surface area (Å²) in [5, 5.41) is 17.9. The maximum atomic E-state index is 8.78. The molecule has 0 saturated carbocycles. The zero-order chi connectivity index (χ0) is 16.8. The molecule has 120 valence electrons. The molecule has 0 atom stereocenters. The largest absolute Gasteiger partial charge is 0.484 e. The minimum absolute atomic E-state index is 0.200. The Kier molecular flexibility index (Phi) is 5.36. The van der Waals surface area contributed by atoms with Gasteiger partial charge in [-0.1, -0.05) is 35.5 Å². The van der Waals surface area contributed by atoms with Crippen LogP contribution in [-0.4, -0.2) is 10.2 Å². The second-order valence-electron chi connectivity index (χ2n) is 4.80. The van der Waals surface area contributed by atoms with E-state index in [1.807, 2.05) is 12.1 Å². The smallest absolute Gasteiger partial charge is 0.277 e. The summed E-state index contributed by atoms with van der Waals surface area (Å²) < 4.78 is 11.1. The predicted octanol–water partition coefficient (Wildman–Crippen LogP) is 4.47. The molecule has 0 unspecified atom stereocenters. The molecule has 0 radical (unpaired) electrons. The van der Waals surface area contributed by atoms with Gasteiger partial charge in [-0.2, -0.15) is 5.26 Å². The third kappa shape index (κ3) is 4.51. The molecule has 0 fully saturated rings. The Morgan fingerprint density at radius 2 is 1.83 bits per heavy atom. The number of hydrogen-bond acceptors (Lipinski definition) is 6. The summed E-state index contributed by atoms with van der Waals surface area (Å²) in [6.45, 7) is 0.200. The van der Waals surface area contributed by atoms with E-state index in [-0.39, 0.29) is 6.61 Å². The van der Waals surface area contributed by atoms with Crippen LogP contribution in [0.2, 0.25) is 5.02 Å². The van der Waals surface area contributed by atoms with Gasteiger partial charge < -0.3 is 9.15 Å². The SMILES string of the molecule is N#Cc1ccc(CSc2nnc(COc3ccc(Cl)cc3)o2)cc1. The van der Waals surface area contributed by atoms with Crippen molar-refractivity contribution in [3.63, 3.8) is 0 Å². The molecule has 7 heteroatoms. The molecule has 0 spiro atoms. The highest BCUT2D eigenvalue weighted by molar-refractivity contribution is 7.98. The van der Waals surface area contributed by atoms with E-state index in [4.69, 9.17) is 26.0 Å². The van der Waals surface area contributed by atoms with Crippen molar-refractivity contribution < 1.29 is 9.15 Å². The summed E-state index contributed by atoms with van der Waals surface area (Å²) in [5.74, 6) is 1.78. The van der Waals surface area contributed by atoms with E-state index in [0.717, 1.165) is 5.56 Å². The topological polar surface area (TPSA) is 71.9 Å². The lowest BCUT2D eigenvalue weighted by atomic mass is 10.2. The van der Waals surface area contributed by atoms with Gasteiger partial charge >= 0.3 is 0 Å². The van der Waals surface area contributed by atoms with E-state index in [0.29, 0.717) is 33.2 Å². The van der Waals surface area contributed by atoms with Gasteiger partial charge in [0.05, 0.1) is 11.6 Å². The van der Waals surface area contributed by atoms with Crippen LogP contribution in [0.3, 0.4) is 0 Å². The summed E-state index contributed by atoms with van der Waals surface area (Å²) in [6, 6.07) is 16.5. The first kappa shape index (κ1) is 16.4. The fraction of sp³-hybridized carbons (Fsp3) is 0.118. The van der Waals surface area contributed by atoms with Crippen molar-refractivity contribution in [1.82, 2.24) is 10.2 Å². The molecule has 0 amide bonds. The van der Waals surface area contributed by atoms with Gasteiger partial charge in [0.15, 0.2) is 6.61 Å². The predicted molar refractivity (Wildman–Crippen MR) is 90.8 cm³/mol. The number of rotatable bonds is 6. The lowest BCUT2D eigenvalue weighted by Gasteiger charge is -2.02. The highest BCUT2D eigenvalue weighted by Crippen LogP contribution is 2.22. The first-order chi connectivity index (χ1) is 11.7. The van der Waals surface area contributed by atoms with E-state index in [2.05, 4.69) is 16.3 Å². The van der Waals surface area contributed by atoms with Crippen molar-refractivity contribution in [3.8, 4) is 11.8 Å². The zero-order valence-electron chi connectivity index (χ0n) is 12.5. The molecule has 2 aromatic carbocycles. The molecule has 3 rings (SSSR count). The highest BCUT2D eigenvalue weighted by Gasteiger charge is 2.08. The molecule has 0 aliphatic heterocycles. The van der Waals surface area contributed by atoms with Crippen LogP contribution in [0.15, 0.2) is 58.2 Å². The lowest BCUT2D eigenvalue weighted by Crippen LogP contribution is -1.95. The Morgan fingerprint density at radius 1 is 1.08 bits per heavy atom. The van der Waals surface area contributed by atoms with Crippen molar-refractivity contribution >= 4 is 23.4 Å². The monoisotopic (exact) mass is 357 g/mol. The van der Waals surface area contributed by atoms with E-state index in [1.165, 1.54) is 11.8 Å². The molecule has 0 aliphatic carbocycles. The molecule has 3 aromatic rings. The number of benzene rings is 2. The van der Waals surface area contributed by atoms with Crippen LogP contribution in [0.25, 0.3) is 0 Å². The Morgan fingerprint density at radius 3 is 2.54 bits per heavy atom. The molecular weight excluding hydrogens is 346 g/mol. The zero-order valence-corrected chi connectivity index (χ0v) is 14.0. The minimum Gasteiger partial charge on any atom is -0.484 e. The van der Waals surface area contributed by atoms with E-state index in [9.17, 15) is 0 Å². The number of aromatic nitrogens is 2. The Labute approximate surface area is 148 Å². The fourth-order valence-corrected chi connectivity index (χ4v) is 2.71. The third-order valence-corrected chi connectivity index (χ3v) is 4.21. The van der Waals surface area contributed by atoms with E-state index >= 15 is 0 Å². The van der Waals surface area contributed by atoms with Gasteiger partial charge in [0.2, 0.25) is 0 Å². The molecule has 24 heavy (non-hydrogen) atoms. The second kappa shape index (κ2) is 7.86. The van der Waals surface area contributed by atoms with E-state index < -0.39 is 0 Å². The van der Waals surface area contributed by atoms with Crippen LogP contribution in [0.1, 0.15) is 17.0 Å². The molecule has 0 bridgehead atoms. The fourth-order valence-electron chi connectivity index (χ4n) is 1.85. The van der Waals surface area contributed by atoms with Crippen LogP contribution >= 0.6 is 23.4 Å². The number of hydrogen-bond donors (Lipinski definition) is 0. The summed E-state index contributed by atoms with van der Waals surface area (Å²) in [5.41, 5.74) is 1.72. The first-order valence-electron chi connectivity index (χ1n) is 7.05. The highest BCUT2D eigenvalue weighted by atomic mass is 35.5. The summed E-state index contributed by atoms with van der Waals surface area (Å²) in [7, 11) is 0. The van der Waals surface area contributed by atoms with Gasteiger partial charge in [0, 0.05) is 10.8 Å². The van der Waals surface area contributed by atoms with Crippen LogP contribution in [-0.2, 0) is 12.4 Å². The van der Waals surface area contributed by atoms with Gasteiger partial charge in [-0.3, -0.25) is 0 Å². The van der Waals surface area contributed by atoms with Crippen molar-refractivity contribution in [2.24, 2.45) is 0 Å². The normalized spacial score (nSPS) is 10.3. The number of halogens is 1. The number of thioether (sulfide) groups is 1. The average molecular weight is 358 g/mol. The van der Waals surface area contributed by atoms with Crippen LogP contribution in [0, 0.1) is 11.3 Å². The third-order valence-electron chi connectivity index (χ3n) is 3.07. The van der Waals surface area contributed by atoms with Crippen LogP contribution in [0.5, 0.6) is 5.75 Å². The maximum Gasteiger partial charge on any atom is 0.277 e. The van der Waals surface area contributed by atoms with Gasteiger partial charge in [-0.05, 0) is 42.0 Å². The minimum atomic E-state index is 0.200. The summed E-state index contributed by atoms with van der Waals surface area (Å²) >= 11 is 7.25. The van der Waals surface area contributed by atoms with Crippen molar-refractivity contribution in [2.45, 2.75) is 17.6 Å². The average Bonchev–Trinajstić information content (AvgIpc) is 3.08. The van der Waals surface area contributed by atoms with Gasteiger partial charge in [0.1, 0.15) is 5.75 Å². The van der Waals surface area contributed by atoms with E-state index in [1.54, 1.807) is 36.4 Å². The second-order valence-corrected chi connectivity index (χ2v) is 6.16. The molecular formula is C17H12ClN3O2S. The summed E-state index contributed by atoms with van der Waals surface area (Å²) in [4.78, 5) is 0. The van der Waals surface area contributed by atoms with Crippen LogP contribution < -0.4 is 4.74 Å². The van der Waals surface area contributed by atoms with Crippen molar-refractivity contribution in [1.29, 1.82) is 5.26 Å². The maximum absolute atomic E-state index is 8.78. The van der Waals surface area contributed by atoms with Crippen LogP contribution in [0.4, 0.5) is 0 Å². The Balaban J connectivity index is 1.51. The standard InChI is InChI=1S/C17H12ClN3O2S/c18-14-5-7-15(8-6-14)22-10-16-20-21-17(23-16)24-11-13-3-1-12(9-19)2-4-13/h1-8H,10-11H2. The number of nitrogens with zero attached hydrogens (tertiary/aromatic N) is 3. The molecule has 0 N–H and O–H groups in total. The molecule has 0 saturated heterocycles. The van der Waals surface area contributed by atoms with Crippen molar-refractivity contribution in [2.75, 3.05) is 0 Å². The summed E-state index contributed by atoms with van der Waals surface area (Å²) in [6.07, 6.45) is 0. The van der Waals surface area contributed by atoms with Crippen molar-refractivity contribution in [3.05, 3.63) is 70.6 Å². The van der Waals surface area contributed by atoms with Gasteiger partial charge in [-0.15, -0.1) is 10.2 Å². The van der Waals surface area contributed by atoms with Gasteiger partial charge in [-0.25, -0.2) is 0 Å². The molecule has 1 heterocycles. The molecule has 0 aliphatic rings. The Bertz CT molecular complexity index is 842. The quantitative estimate of drug-likeness (QED) is 0.606.